The molecule has 0 aliphatic heterocycles. The van der Waals surface area contributed by atoms with Crippen LogP contribution >= 0.6 is 0 Å². The number of aliphatic hydroxyl groups excluding tert-OH is 1. The van der Waals surface area contributed by atoms with E-state index in [1.807, 2.05) is 97.9 Å². The van der Waals surface area contributed by atoms with Crippen molar-refractivity contribution >= 4 is 11.8 Å². The quantitative estimate of drug-likeness (QED) is 0.0808. The van der Waals surface area contributed by atoms with E-state index in [9.17, 15) is 19.8 Å². The lowest BCUT2D eigenvalue weighted by Gasteiger charge is -2.46. The van der Waals surface area contributed by atoms with Crippen LogP contribution in [0.3, 0.4) is 0 Å². The third kappa shape index (κ3) is 9.12. The number of carbonyl (C=O) groups is 2. The Bertz CT molecular complexity index is 1940. The van der Waals surface area contributed by atoms with E-state index in [2.05, 4.69) is 37.4 Å². The Balaban J connectivity index is 1.41. The number of hydrogen-bond donors (Lipinski definition) is 3. The van der Waals surface area contributed by atoms with E-state index in [1.165, 1.54) is 5.57 Å². The average Bonchev–Trinajstić information content (AvgIpc) is 3.45. The molecule has 4 aromatic rings. The predicted octanol–water partition coefficient (Wildman–Crippen LogP) is 9.43. The molecular weight excluding hydrogens is 685 g/mol. The minimum Gasteiger partial charge on any atom is -0.393 e. The molecule has 4 aromatic carbocycles. The fourth-order valence-corrected chi connectivity index (χ4v) is 8.96. The number of rotatable bonds is 11. The Morgan fingerprint density at radius 2 is 1.64 bits per heavy atom. The van der Waals surface area contributed by atoms with Gasteiger partial charge in [0.2, 0.25) is 0 Å². The molecule has 0 spiro atoms. The number of benzene rings is 4. The summed E-state index contributed by atoms with van der Waals surface area (Å²) in [6, 6.07) is 33.3. The molecule has 1 saturated carbocycles. The monoisotopic (exact) mass is 742 g/mol. The molecule has 2 amide bonds. The molecule has 3 aliphatic rings. The third-order valence-corrected chi connectivity index (χ3v) is 12.3. The van der Waals surface area contributed by atoms with Crippen molar-refractivity contribution < 1.29 is 24.5 Å². The molecule has 3 N–H and O–H groups in total. The van der Waals surface area contributed by atoms with Crippen LogP contribution < -0.4 is 5.32 Å². The van der Waals surface area contributed by atoms with Crippen LogP contribution in [0.25, 0.3) is 11.1 Å². The van der Waals surface area contributed by atoms with Crippen molar-refractivity contribution in [3.8, 4) is 11.1 Å². The largest absolute Gasteiger partial charge is 0.393 e. The van der Waals surface area contributed by atoms with Crippen LogP contribution in [0.15, 0.2) is 115 Å². The number of fused-ring (bicyclic) bond motifs is 8. The number of amides is 2. The molecule has 5 unspecified atom stereocenters. The van der Waals surface area contributed by atoms with Gasteiger partial charge >= 0.3 is 6.03 Å². The number of carbonyl (C=O) groups excluding carboxylic acids is 2. The normalized spacial score (nSPS) is 23.3. The van der Waals surface area contributed by atoms with Crippen LogP contribution in [0, 0.1) is 5.41 Å². The van der Waals surface area contributed by atoms with E-state index >= 15 is 0 Å². The predicted molar refractivity (Wildman–Crippen MR) is 220 cm³/mol. The lowest BCUT2D eigenvalue weighted by molar-refractivity contribution is -0.0775. The minimum atomic E-state index is -1.24. The van der Waals surface area contributed by atoms with Gasteiger partial charge in [0.25, 0.3) is 0 Å². The second kappa shape index (κ2) is 17.9. The van der Waals surface area contributed by atoms with Crippen molar-refractivity contribution in [2.75, 3.05) is 26.8 Å². The van der Waals surface area contributed by atoms with Gasteiger partial charge in [-0.25, -0.2) is 4.79 Å². The fourth-order valence-electron chi connectivity index (χ4n) is 8.96. The van der Waals surface area contributed by atoms with Crippen molar-refractivity contribution in [1.82, 2.24) is 10.2 Å². The summed E-state index contributed by atoms with van der Waals surface area (Å²) in [6.07, 6.45) is 6.73. The van der Waals surface area contributed by atoms with Crippen molar-refractivity contribution in [3.63, 3.8) is 0 Å². The standard InChI is InChI=1S/C48H58N2O5/c1-34-15-13-27-47(3)44(26-28-48(47,54)33-50(29-14-30-55-4)46(53)49-35(2)37-16-7-5-8-17-37)41-25-23-36(31-39(51)24-22-34)32-43(41)45(52)42-21-12-11-20-40(42)38-18-9-6-10-19-38/h5-12,15-21,23,25,32,35,39,44,51,54H,13-14,22,24,26-31,33H2,1-4H3,(H,49,53). The molecule has 3 aliphatic carbocycles. The second-order valence-corrected chi connectivity index (χ2v) is 16.0. The van der Waals surface area contributed by atoms with Crippen molar-refractivity contribution in [3.05, 3.63) is 143 Å². The molecule has 290 valence electrons. The average molecular weight is 743 g/mol. The summed E-state index contributed by atoms with van der Waals surface area (Å²) in [5.41, 5.74) is 5.20. The first-order valence-electron chi connectivity index (χ1n) is 20.0. The number of hydrogen-bond acceptors (Lipinski definition) is 5. The van der Waals surface area contributed by atoms with Crippen LogP contribution in [0.2, 0.25) is 0 Å². The maximum Gasteiger partial charge on any atom is 0.317 e. The van der Waals surface area contributed by atoms with Gasteiger partial charge in [0.15, 0.2) is 5.78 Å². The summed E-state index contributed by atoms with van der Waals surface area (Å²) >= 11 is 0. The summed E-state index contributed by atoms with van der Waals surface area (Å²) in [5.74, 6) is -0.232. The van der Waals surface area contributed by atoms with E-state index in [4.69, 9.17) is 4.74 Å². The molecule has 0 saturated heterocycles. The highest BCUT2D eigenvalue weighted by Gasteiger charge is 2.57. The third-order valence-electron chi connectivity index (χ3n) is 12.3. The van der Waals surface area contributed by atoms with E-state index in [-0.39, 0.29) is 30.3 Å². The topological polar surface area (TPSA) is 99.1 Å². The number of allylic oxidation sites excluding steroid dienone is 2. The van der Waals surface area contributed by atoms with E-state index < -0.39 is 17.1 Å². The highest BCUT2D eigenvalue weighted by molar-refractivity contribution is 6.13. The van der Waals surface area contributed by atoms with E-state index in [1.54, 1.807) is 12.0 Å². The molecule has 7 nitrogen and oxygen atoms in total. The number of nitrogens with zero attached hydrogens (tertiary/aromatic N) is 1. The number of ether oxygens (including phenoxy) is 1. The van der Waals surface area contributed by atoms with Gasteiger partial charge in [-0.05, 0) is 105 Å². The Morgan fingerprint density at radius 3 is 2.38 bits per heavy atom. The first-order chi connectivity index (χ1) is 26.5. The molecule has 55 heavy (non-hydrogen) atoms. The number of nitrogens with one attached hydrogen (secondary N) is 1. The smallest absolute Gasteiger partial charge is 0.317 e. The van der Waals surface area contributed by atoms with Crippen molar-refractivity contribution in [2.24, 2.45) is 5.41 Å². The molecule has 5 atom stereocenters. The van der Waals surface area contributed by atoms with Crippen LogP contribution in [0.1, 0.15) is 110 Å². The van der Waals surface area contributed by atoms with Crippen molar-refractivity contribution in [1.29, 1.82) is 0 Å². The minimum absolute atomic E-state index is 0.0677. The van der Waals surface area contributed by atoms with Gasteiger partial charge in [-0.2, -0.15) is 0 Å². The van der Waals surface area contributed by atoms with Gasteiger partial charge < -0.3 is 25.2 Å². The van der Waals surface area contributed by atoms with Gasteiger partial charge in [0.05, 0.1) is 24.3 Å². The van der Waals surface area contributed by atoms with Gasteiger partial charge in [-0.15, -0.1) is 0 Å². The summed E-state index contributed by atoms with van der Waals surface area (Å²) in [7, 11) is 1.66. The number of methoxy groups -OCH3 is 1. The zero-order chi connectivity index (χ0) is 39.0. The first-order valence-corrected chi connectivity index (χ1v) is 20.0. The molecule has 2 bridgehead atoms. The highest BCUT2D eigenvalue weighted by atomic mass is 16.5. The maximum atomic E-state index is 15.0. The van der Waals surface area contributed by atoms with Crippen LogP contribution in [-0.4, -0.2) is 65.4 Å². The fraction of sp³-hybridized carbons (Fsp3) is 0.417. The molecule has 1 fully saturated rings. The lowest BCUT2D eigenvalue weighted by Crippen LogP contribution is -2.55. The van der Waals surface area contributed by atoms with Gasteiger partial charge in [0.1, 0.15) is 0 Å². The zero-order valence-corrected chi connectivity index (χ0v) is 33.0. The molecule has 7 rings (SSSR count). The zero-order valence-electron chi connectivity index (χ0n) is 33.0. The lowest BCUT2D eigenvalue weighted by atomic mass is 9.64. The van der Waals surface area contributed by atoms with Gasteiger partial charge in [-0.3, -0.25) is 4.79 Å². The molecule has 0 radical (unpaired) electrons. The van der Waals surface area contributed by atoms with E-state index in [0.717, 1.165) is 40.7 Å². The van der Waals surface area contributed by atoms with Crippen molar-refractivity contribution in [2.45, 2.75) is 95.8 Å². The molecule has 0 aromatic heterocycles. The molecule has 0 heterocycles. The van der Waals surface area contributed by atoms with Gasteiger partial charge in [0, 0.05) is 36.8 Å². The first kappa shape index (κ1) is 40.1. The Hall–Kier alpha value is -4.56. The number of ketones is 1. The van der Waals surface area contributed by atoms with Gasteiger partial charge in [-0.1, -0.05) is 116 Å². The number of urea groups is 1. The van der Waals surface area contributed by atoms with Crippen LogP contribution in [0.5, 0.6) is 0 Å². The van der Waals surface area contributed by atoms with Crippen LogP contribution in [-0.2, 0) is 11.2 Å². The summed E-state index contributed by atoms with van der Waals surface area (Å²) in [4.78, 5) is 30.9. The summed E-state index contributed by atoms with van der Waals surface area (Å²) in [5, 5.41) is 27.4. The Labute approximate surface area is 327 Å². The molecule has 7 heteroatoms. The Morgan fingerprint density at radius 1 is 0.927 bits per heavy atom. The maximum absolute atomic E-state index is 15.0. The number of aliphatic hydroxyl groups is 2. The van der Waals surface area contributed by atoms with Crippen LogP contribution in [0.4, 0.5) is 4.79 Å². The Kier molecular flexibility index (Phi) is 13.1. The second-order valence-electron chi connectivity index (χ2n) is 16.0. The highest BCUT2D eigenvalue weighted by Crippen LogP contribution is 2.59. The van der Waals surface area contributed by atoms with E-state index in [0.29, 0.717) is 62.8 Å². The summed E-state index contributed by atoms with van der Waals surface area (Å²) in [6.45, 7) is 7.35. The SMILES string of the molecule is COCCCN(CC1(O)CCC2c3ccc(cc3C(=O)c3ccccc3-c3ccccc3)CC(O)CCC(C)=CCCC21C)C(=O)NC(C)c1ccccc1. The summed E-state index contributed by atoms with van der Waals surface area (Å²) < 4.78 is 5.38. The molecular formula is C48H58N2O5.